The van der Waals surface area contributed by atoms with Crippen LogP contribution in [0.15, 0.2) is 29.4 Å². The smallest absolute Gasteiger partial charge is 0.0266 e. The van der Waals surface area contributed by atoms with Crippen LogP contribution in [0.1, 0.15) is 20.8 Å². The van der Waals surface area contributed by atoms with Crippen molar-refractivity contribution in [3.8, 4) is 0 Å². The number of allylic oxidation sites excluding steroid dienone is 3. The van der Waals surface area contributed by atoms with Gasteiger partial charge in [0.15, 0.2) is 0 Å². The molecule has 0 saturated heterocycles. The van der Waals surface area contributed by atoms with Gasteiger partial charge in [0.25, 0.3) is 0 Å². The first-order valence-corrected chi connectivity index (χ1v) is 3.06. The number of hydrogen-bond donors (Lipinski definition) is 0. The van der Waals surface area contributed by atoms with Gasteiger partial charge < -0.3 is 0 Å². The fourth-order valence-electron chi connectivity index (χ4n) is 0.353. The van der Waals surface area contributed by atoms with Crippen LogP contribution in [-0.4, -0.2) is 5.71 Å². The average Bonchev–Trinajstić information content (AvgIpc) is 1.80. The Bertz CT molecular complexity index is 137. The van der Waals surface area contributed by atoms with E-state index < -0.39 is 0 Å². The largest absolute Gasteiger partial charge is 0.266 e. The van der Waals surface area contributed by atoms with Crippen LogP contribution < -0.4 is 0 Å². The van der Waals surface area contributed by atoms with E-state index in [0.29, 0.717) is 0 Å². The minimum absolute atomic E-state index is 1.08. The summed E-state index contributed by atoms with van der Waals surface area (Å²) in [4.78, 5) is 4.05. The summed E-state index contributed by atoms with van der Waals surface area (Å²) in [6, 6.07) is 0. The van der Waals surface area contributed by atoms with E-state index >= 15 is 0 Å². The summed E-state index contributed by atoms with van der Waals surface area (Å²) >= 11 is 0. The Balaban J connectivity index is 3.60. The molecule has 0 saturated carbocycles. The molecule has 0 radical (unpaired) electrons. The standard InChI is InChI=1S/C8H13N/c1-4-5-6-7-9-8(2)3/h4-7H,1-3H3/b5-4?,7-6-. The topological polar surface area (TPSA) is 12.4 Å². The molecule has 0 aliphatic heterocycles. The molecule has 0 rings (SSSR count). The van der Waals surface area contributed by atoms with Gasteiger partial charge in [-0.25, -0.2) is 0 Å². The van der Waals surface area contributed by atoms with Gasteiger partial charge >= 0.3 is 0 Å². The molecule has 1 heteroatoms. The summed E-state index contributed by atoms with van der Waals surface area (Å²) < 4.78 is 0. The number of hydrogen-bond acceptors (Lipinski definition) is 1. The summed E-state index contributed by atoms with van der Waals surface area (Å²) in [6.07, 6.45) is 7.62. The van der Waals surface area contributed by atoms with Crippen LogP contribution in [0.3, 0.4) is 0 Å². The van der Waals surface area contributed by atoms with E-state index in [1.807, 2.05) is 39.0 Å². The van der Waals surface area contributed by atoms with Crippen LogP contribution in [0.5, 0.6) is 0 Å². The Kier molecular flexibility index (Phi) is 4.79. The second-order valence-electron chi connectivity index (χ2n) is 1.94. The average molecular weight is 123 g/mol. The first-order chi connectivity index (χ1) is 4.27. The van der Waals surface area contributed by atoms with Crippen molar-refractivity contribution in [2.75, 3.05) is 0 Å². The molecule has 0 spiro atoms. The lowest BCUT2D eigenvalue weighted by molar-refractivity contribution is 1.50. The second kappa shape index (κ2) is 5.29. The van der Waals surface area contributed by atoms with Gasteiger partial charge in [-0.15, -0.1) is 0 Å². The third-order valence-electron chi connectivity index (χ3n) is 0.722. The van der Waals surface area contributed by atoms with Crippen molar-refractivity contribution in [1.29, 1.82) is 0 Å². The number of aliphatic imine (C=N–C) groups is 1. The van der Waals surface area contributed by atoms with Gasteiger partial charge in [-0.05, 0) is 26.8 Å². The van der Waals surface area contributed by atoms with Crippen molar-refractivity contribution >= 4 is 5.71 Å². The van der Waals surface area contributed by atoms with E-state index in [1.54, 1.807) is 6.20 Å². The number of rotatable bonds is 2. The molecule has 0 atom stereocenters. The minimum atomic E-state index is 1.08. The van der Waals surface area contributed by atoms with Crippen LogP contribution in [0.4, 0.5) is 0 Å². The van der Waals surface area contributed by atoms with E-state index in [0.717, 1.165) is 5.71 Å². The molecule has 0 heterocycles. The Morgan fingerprint density at radius 2 is 1.89 bits per heavy atom. The van der Waals surface area contributed by atoms with Crippen molar-refractivity contribution in [3.05, 3.63) is 24.4 Å². The van der Waals surface area contributed by atoms with Crippen molar-refractivity contribution in [2.24, 2.45) is 4.99 Å². The Hall–Kier alpha value is -0.850. The zero-order chi connectivity index (χ0) is 7.11. The van der Waals surface area contributed by atoms with Crippen LogP contribution >= 0.6 is 0 Å². The van der Waals surface area contributed by atoms with Crippen molar-refractivity contribution in [3.63, 3.8) is 0 Å². The predicted molar refractivity (Wildman–Crippen MR) is 42.7 cm³/mol. The summed E-state index contributed by atoms with van der Waals surface area (Å²) in [7, 11) is 0. The highest BCUT2D eigenvalue weighted by atomic mass is 14.7. The molecule has 1 nitrogen and oxygen atoms in total. The van der Waals surface area contributed by atoms with Crippen LogP contribution in [0, 0.1) is 0 Å². The van der Waals surface area contributed by atoms with Crippen molar-refractivity contribution in [2.45, 2.75) is 20.8 Å². The van der Waals surface area contributed by atoms with E-state index in [9.17, 15) is 0 Å². The van der Waals surface area contributed by atoms with Gasteiger partial charge in [0.1, 0.15) is 0 Å². The zero-order valence-electron chi connectivity index (χ0n) is 6.26. The van der Waals surface area contributed by atoms with Crippen LogP contribution in [0.2, 0.25) is 0 Å². The monoisotopic (exact) mass is 123 g/mol. The van der Waals surface area contributed by atoms with E-state index in [1.165, 1.54) is 0 Å². The van der Waals surface area contributed by atoms with E-state index in [2.05, 4.69) is 4.99 Å². The summed E-state index contributed by atoms with van der Waals surface area (Å²) in [6.45, 7) is 5.92. The van der Waals surface area contributed by atoms with E-state index in [4.69, 9.17) is 0 Å². The minimum Gasteiger partial charge on any atom is -0.266 e. The third-order valence-corrected chi connectivity index (χ3v) is 0.722. The highest BCUT2D eigenvalue weighted by molar-refractivity contribution is 5.79. The lowest BCUT2D eigenvalue weighted by atomic mass is 10.5. The fraction of sp³-hybridized carbons (Fsp3) is 0.375. The SMILES string of the molecule is CC=C/C=C\N=C(C)C. The summed E-state index contributed by atoms with van der Waals surface area (Å²) in [5.41, 5.74) is 1.08. The molecule has 0 N–H and O–H groups in total. The summed E-state index contributed by atoms with van der Waals surface area (Å²) in [5.74, 6) is 0. The lowest BCUT2D eigenvalue weighted by Crippen LogP contribution is -1.74. The van der Waals surface area contributed by atoms with Gasteiger partial charge in [0.2, 0.25) is 0 Å². The van der Waals surface area contributed by atoms with Crippen LogP contribution in [-0.2, 0) is 0 Å². The zero-order valence-corrected chi connectivity index (χ0v) is 6.26. The normalized spacial score (nSPS) is 11.0. The van der Waals surface area contributed by atoms with Gasteiger partial charge in [-0.2, -0.15) is 0 Å². The highest BCUT2D eigenvalue weighted by Crippen LogP contribution is 1.80. The first kappa shape index (κ1) is 8.15. The van der Waals surface area contributed by atoms with Gasteiger partial charge in [0.05, 0.1) is 0 Å². The maximum atomic E-state index is 4.05. The fourth-order valence-corrected chi connectivity index (χ4v) is 0.353. The molecular weight excluding hydrogens is 110 g/mol. The first-order valence-electron chi connectivity index (χ1n) is 3.06. The Morgan fingerprint density at radius 3 is 2.33 bits per heavy atom. The molecule has 50 valence electrons. The molecule has 0 bridgehead atoms. The van der Waals surface area contributed by atoms with Gasteiger partial charge in [-0.1, -0.05) is 12.2 Å². The van der Waals surface area contributed by atoms with E-state index in [-0.39, 0.29) is 0 Å². The maximum Gasteiger partial charge on any atom is 0.0266 e. The molecule has 0 amide bonds. The molecule has 0 unspecified atom stereocenters. The maximum absolute atomic E-state index is 4.05. The van der Waals surface area contributed by atoms with Gasteiger partial charge in [0, 0.05) is 11.9 Å². The van der Waals surface area contributed by atoms with Gasteiger partial charge in [-0.3, -0.25) is 4.99 Å². The quantitative estimate of drug-likeness (QED) is 0.395. The van der Waals surface area contributed by atoms with Crippen molar-refractivity contribution < 1.29 is 0 Å². The Labute approximate surface area is 56.8 Å². The molecule has 0 aromatic heterocycles. The predicted octanol–water partition coefficient (Wildman–Crippen LogP) is 2.56. The highest BCUT2D eigenvalue weighted by Gasteiger charge is 1.67. The molecular formula is C8H13N. The second-order valence-corrected chi connectivity index (χ2v) is 1.94. The molecule has 9 heavy (non-hydrogen) atoms. The van der Waals surface area contributed by atoms with Crippen LogP contribution in [0.25, 0.3) is 0 Å². The number of nitrogens with zero attached hydrogens (tertiary/aromatic N) is 1. The lowest BCUT2D eigenvalue weighted by Gasteiger charge is -1.79. The molecule has 0 aromatic carbocycles. The third kappa shape index (κ3) is 7.15. The summed E-state index contributed by atoms with van der Waals surface area (Å²) in [5, 5.41) is 0. The van der Waals surface area contributed by atoms with Crippen molar-refractivity contribution in [1.82, 2.24) is 0 Å². The molecule has 0 aliphatic rings. The molecule has 0 aliphatic carbocycles. The molecule has 0 fully saturated rings. The Morgan fingerprint density at radius 1 is 1.22 bits per heavy atom. The molecule has 0 aromatic rings.